The lowest BCUT2D eigenvalue weighted by molar-refractivity contribution is 0.0696. The summed E-state index contributed by atoms with van der Waals surface area (Å²) in [5.41, 5.74) is 4.07. The number of ether oxygens (including phenoxy) is 1. The van der Waals surface area contributed by atoms with Crippen LogP contribution in [0.5, 0.6) is 5.75 Å². The van der Waals surface area contributed by atoms with Crippen molar-refractivity contribution in [2.75, 3.05) is 13.7 Å². The van der Waals surface area contributed by atoms with Crippen LogP contribution >= 0.6 is 0 Å². The van der Waals surface area contributed by atoms with E-state index in [0.29, 0.717) is 0 Å². The van der Waals surface area contributed by atoms with E-state index in [1.807, 2.05) is 18.2 Å². The Morgan fingerprint density at radius 3 is 2.40 bits per heavy atom. The van der Waals surface area contributed by atoms with E-state index in [0.717, 1.165) is 28.0 Å². The molecule has 3 rings (SSSR count). The Kier molecular flexibility index (Phi) is 2.95. The van der Waals surface area contributed by atoms with Gasteiger partial charge in [-0.15, -0.1) is 0 Å². The van der Waals surface area contributed by atoms with Gasteiger partial charge in [0.25, 0.3) is 0 Å². The van der Waals surface area contributed by atoms with E-state index in [9.17, 15) is 9.90 Å². The molecule has 102 valence electrons. The van der Waals surface area contributed by atoms with Crippen LogP contribution in [0, 0.1) is 0 Å². The second kappa shape index (κ2) is 4.65. The first-order valence-electron chi connectivity index (χ1n) is 6.32. The fourth-order valence-electron chi connectivity index (χ4n) is 2.79. The van der Waals surface area contributed by atoms with Crippen LogP contribution in [0.4, 0.5) is 0 Å². The van der Waals surface area contributed by atoms with Crippen LogP contribution in [0.15, 0.2) is 36.4 Å². The number of fused-ring (bicyclic) bond motifs is 3. The van der Waals surface area contributed by atoms with Crippen molar-refractivity contribution in [3.05, 3.63) is 53.1 Å². The number of carboxylic acids is 1. The average Bonchev–Trinajstić information content (AvgIpc) is 2.78. The minimum atomic E-state index is -0.960. The number of carbonyl (C=O) groups is 1. The highest BCUT2D eigenvalue weighted by atomic mass is 16.5. The summed E-state index contributed by atoms with van der Waals surface area (Å²) >= 11 is 0. The minimum Gasteiger partial charge on any atom is -0.497 e. The van der Waals surface area contributed by atoms with Crippen LogP contribution in [-0.2, 0) is 0 Å². The molecule has 2 aromatic rings. The molecule has 4 nitrogen and oxygen atoms in total. The molecule has 1 aliphatic rings. The van der Waals surface area contributed by atoms with Gasteiger partial charge in [-0.3, -0.25) is 0 Å². The highest BCUT2D eigenvalue weighted by molar-refractivity contribution is 5.90. The van der Waals surface area contributed by atoms with Crippen molar-refractivity contribution in [2.45, 2.75) is 5.92 Å². The van der Waals surface area contributed by atoms with Gasteiger partial charge >= 0.3 is 5.97 Å². The van der Waals surface area contributed by atoms with Gasteiger partial charge < -0.3 is 14.9 Å². The van der Waals surface area contributed by atoms with Crippen LogP contribution in [0.2, 0.25) is 0 Å². The molecule has 20 heavy (non-hydrogen) atoms. The molecule has 1 atom stereocenters. The number of hydrogen-bond acceptors (Lipinski definition) is 3. The minimum absolute atomic E-state index is 0.0593. The van der Waals surface area contributed by atoms with E-state index in [1.165, 1.54) is 0 Å². The van der Waals surface area contributed by atoms with E-state index in [1.54, 1.807) is 25.3 Å². The number of aromatic carboxylic acids is 1. The van der Waals surface area contributed by atoms with Crippen LogP contribution in [0.25, 0.3) is 11.1 Å². The quantitative estimate of drug-likeness (QED) is 0.899. The van der Waals surface area contributed by atoms with Crippen molar-refractivity contribution in [2.24, 2.45) is 0 Å². The molecule has 0 saturated heterocycles. The summed E-state index contributed by atoms with van der Waals surface area (Å²) in [6, 6.07) is 10.8. The molecule has 4 heteroatoms. The first-order chi connectivity index (χ1) is 9.65. The number of aliphatic hydroxyl groups excluding tert-OH is 1. The predicted octanol–water partition coefficient (Wildman–Crippen LogP) is 2.50. The topological polar surface area (TPSA) is 66.8 Å². The normalized spacial score (nSPS) is 15.6. The summed E-state index contributed by atoms with van der Waals surface area (Å²) in [6.07, 6.45) is 0. The average molecular weight is 270 g/mol. The summed E-state index contributed by atoms with van der Waals surface area (Å²) in [5, 5.41) is 18.8. The van der Waals surface area contributed by atoms with E-state index in [2.05, 4.69) is 0 Å². The Morgan fingerprint density at radius 2 is 1.80 bits per heavy atom. The van der Waals surface area contributed by atoms with Crippen LogP contribution in [0.3, 0.4) is 0 Å². The van der Waals surface area contributed by atoms with Crippen molar-refractivity contribution in [3.63, 3.8) is 0 Å². The van der Waals surface area contributed by atoms with E-state index in [4.69, 9.17) is 9.84 Å². The molecule has 2 aromatic carbocycles. The van der Waals surface area contributed by atoms with Gasteiger partial charge in [0.15, 0.2) is 0 Å². The van der Waals surface area contributed by atoms with Crippen LogP contribution < -0.4 is 4.74 Å². The highest BCUT2D eigenvalue weighted by Gasteiger charge is 2.29. The monoisotopic (exact) mass is 270 g/mol. The Morgan fingerprint density at radius 1 is 1.15 bits per heavy atom. The number of carboxylic acid groups (broad SMARTS) is 1. The molecule has 0 aliphatic heterocycles. The van der Waals surface area contributed by atoms with Gasteiger partial charge in [0.1, 0.15) is 5.75 Å². The zero-order valence-electron chi connectivity index (χ0n) is 11.0. The molecule has 0 bridgehead atoms. The maximum Gasteiger partial charge on any atom is 0.335 e. The fraction of sp³-hybridized carbons (Fsp3) is 0.188. The lowest BCUT2D eigenvalue weighted by Crippen LogP contribution is -2.04. The molecule has 2 N–H and O–H groups in total. The number of hydrogen-bond donors (Lipinski definition) is 2. The number of rotatable bonds is 3. The predicted molar refractivity (Wildman–Crippen MR) is 74.3 cm³/mol. The molecule has 0 aromatic heterocycles. The third kappa shape index (κ3) is 1.77. The zero-order valence-corrected chi connectivity index (χ0v) is 11.0. The number of methoxy groups -OCH3 is 1. The molecular weight excluding hydrogens is 256 g/mol. The van der Waals surface area contributed by atoms with Gasteiger partial charge in [0.2, 0.25) is 0 Å². The third-order valence-corrected chi connectivity index (χ3v) is 3.78. The summed E-state index contributed by atoms with van der Waals surface area (Å²) < 4.78 is 5.22. The van der Waals surface area contributed by atoms with Gasteiger partial charge in [-0.2, -0.15) is 0 Å². The van der Waals surface area contributed by atoms with Crippen molar-refractivity contribution >= 4 is 5.97 Å². The van der Waals surface area contributed by atoms with Crippen LogP contribution in [-0.4, -0.2) is 29.9 Å². The Labute approximate surface area is 116 Å². The van der Waals surface area contributed by atoms with E-state index < -0.39 is 5.97 Å². The zero-order chi connectivity index (χ0) is 14.3. The van der Waals surface area contributed by atoms with Gasteiger partial charge in [-0.25, -0.2) is 4.79 Å². The van der Waals surface area contributed by atoms with Gasteiger partial charge in [0, 0.05) is 5.92 Å². The molecule has 1 aliphatic carbocycles. The molecule has 1 unspecified atom stereocenters. The largest absolute Gasteiger partial charge is 0.497 e. The maximum atomic E-state index is 11.1. The second-order valence-corrected chi connectivity index (χ2v) is 4.80. The van der Waals surface area contributed by atoms with Gasteiger partial charge in [0.05, 0.1) is 19.3 Å². The second-order valence-electron chi connectivity index (χ2n) is 4.80. The molecule has 0 radical (unpaired) electrons. The molecule has 0 saturated carbocycles. The first kappa shape index (κ1) is 12.7. The Balaban J connectivity index is 2.19. The SMILES string of the molecule is COc1ccc2c(c1)C(CO)c1cc(C(=O)O)ccc1-2. The summed E-state index contributed by atoms with van der Waals surface area (Å²) in [4.78, 5) is 11.1. The van der Waals surface area contributed by atoms with E-state index in [-0.39, 0.29) is 18.1 Å². The third-order valence-electron chi connectivity index (χ3n) is 3.78. The smallest absolute Gasteiger partial charge is 0.335 e. The van der Waals surface area contributed by atoms with Crippen molar-refractivity contribution in [3.8, 4) is 16.9 Å². The molecule has 0 heterocycles. The Bertz CT molecular complexity index is 691. The van der Waals surface area contributed by atoms with Crippen molar-refractivity contribution < 1.29 is 19.7 Å². The molecule has 0 amide bonds. The molecule has 0 fully saturated rings. The molecular formula is C16H14O4. The lowest BCUT2D eigenvalue weighted by Gasteiger charge is -2.11. The van der Waals surface area contributed by atoms with Crippen molar-refractivity contribution in [1.29, 1.82) is 0 Å². The standard InChI is InChI=1S/C16H14O4/c1-20-10-3-5-12-11-4-2-9(16(18)19)6-13(11)15(8-17)14(12)7-10/h2-7,15,17H,8H2,1H3,(H,18,19). The summed E-state index contributed by atoms with van der Waals surface area (Å²) in [7, 11) is 1.60. The first-order valence-corrected chi connectivity index (χ1v) is 6.32. The van der Waals surface area contributed by atoms with Crippen molar-refractivity contribution in [1.82, 2.24) is 0 Å². The fourth-order valence-corrected chi connectivity index (χ4v) is 2.79. The molecule has 0 spiro atoms. The van der Waals surface area contributed by atoms with Gasteiger partial charge in [-0.05, 0) is 46.5 Å². The van der Waals surface area contributed by atoms with E-state index >= 15 is 0 Å². The lowest BCUT2D eigenvalue weighted by atomic mass is 9.96. The maximum absolute atomic E-state index is 11.1. The summed E-state index contributed by atoms with van der Waals surface area (Å²) in [6.45, 7) is -0.0593. The highest BCUT2D eigenvalue weighted by Crippen LogP contribution is 2.46. The number of benzene rings is 2. The number of aliphatic hydroxyl groups is 1. The van der Waals surface area contributed by atoms with Gasteiger partial charge in [-0.1, -0.05) is 12.1 Å². The summed E-state index contributed by atoms with van der Waals surface area (Å²) in [5.74, 6) is -0.430. The van der Waals surface area contributed by atoms with Crippen LogP contribution in [0.1, 0.15) is 27.4 Å². The Hall–Kier alpha value is -2.33.